The van der Waals surface area contributed by atoms with Gasteiger partial charge in [-0.25, -0.2) is 23.9 Å². The van der Waals surface area contributed by atoms with Crippen LogP contribution in [0, 0.1) is 22.2 Å². The molecular weight excluding hydrogens is 749 g/mol. The summed E-state index contributed by atoms with van der Waals surface area (Å²) in [6.45, 7) is 26.4. The summed E-state index contributed by atoms with van der Waals surface area (Å²) in [7, 11) is -4.86. The highest BCUT2D eigenvalue weighted by Crippen LogP contribution is 2.45. The van der Waals surface area contributed by atoms with Gasteiger partial charge in [-0.05, 0) is 98.4 Å². The molecule has 0 spiro atoms. The maximum absolute atomic E-state index is 13.7. The number of amides is 2. The van der Waals surface area contributed by atoms with E-state index >= 15 is 0 Å². The van der Waals surface area contributed by atoms with Crippen LogP contribution < -0.4 is 10.6 Å². The highest BCUT2D eigenvalue weighted by Gasteiger charge is 2.61. The minimum absolute atomic E-state index is 0.0354. The van der Waals surface area contributed by atoms with Crippen LogP contribution in [0.15, 0.2) is 18.5 Å². The van der Waals surface area contributed by atoms with Crippen molar-refractivity contribution < 1.29 is 51.7 Å². The number of ether oxygens (including phenoxy) is 5. The second kappa shape index (κ2) is 16.6. The normalized spacial score (nSPS) is 21.3. The van der Waals surface area contributed by atoms with Crippen LogP contribution >= 0.6 is 0 Å². The zero-order valence-electron chi connectivity index (χ0n) is 34.7. The lowest BCUT2D eigenvalue weighted by molar-refractivity contribution is -0.161. The number of rotatable bonds is 12. The molecule has 1 aliphatic heterocycles. The Morgan fingerprint density at radius 2 is 1.55 bits per heavy atom. The van der Waals surface area contributed by atoms with Gasteiger partial charge in [0.05, 0.1) is 11.1 Å². The fourth-order valence-corrected chi connectivity index (χ4v) is 7.61. The van der Waals surface area contributed by atoms with Gasteiger partial charge in [-0.3, -0.25) is 10.1 Å². The van der Waals surface area contributed by atoms with E-state index in [1.165, 1.54) is 10.8 Å². The Bertz CT molecular complexity index is 1760. The number of nitrogens with one attached hydrogen (secondary N) is 2. The maximum atomic E-state index is 13.7. The van der Waals surface area contributed by atoms with Crippen molar-refractivity contribution in [2.75, 3.05) is 18.7 Å². The molecule has 1 saturated heterocycles. The van der Waals surface area contributed by atoms with Gasteiger partial charge >= 0.3 is 24.1 Å². The molecule has 1 aliphatic rings. The van der Waals surface area contributed by atoms with Crippen LogP contribution in [-0.4, -0.2) is 98.7 Å². The number of alkyl carbamates (subject to hydrolysis) is 1. The van der Waals surface area contributed by atoms with Gasteiger partial charge in [0.1, 0.15) is 54.5 Å². The van der Waals surface area contributed by atoms with Gasteiger partial charge < -0.3 is 37.9 Å². The van der Waals surface area contributed by atoms with Gasteiger partial charge in [-0.1, -0.05) is 20.8 Å². The fraction of sp³-hybridized carbons (Fsp3) is 0.694. The first-order valence-corrected chi connectivity index (χ1v) is 24.8. The number of carbonyl (C=O) groups excluding carboxylic acids is 4. The third-order valence-corrected chi connectivity index (χ3v) is 9.68. The summed E-state index contributed by atoms with van der Waals surface area (Å²) in [6.07, 6.45) is -3.45. The Kier molecular flexibility index (Phi) is 13.6. The Balaban J connectivity index is 2.02. The van der Waals surface area contributed by atoms with Crippen molar-refractivity contribution in [3.63, 3.8) is 0 Å². The molecule has 0 aromatic carbocycles. The summed E-state index contributed by atoms with van der Waals surface area (Å²) in [4.78, 5) is 55.4. The standard InChI is InChI=1S/C36H58N6O11Si2/c1-33(2,3)26(40-32(46)51-35(7,8)9)29(43)47-18-23-25(52-54(10,11)12)27(53-55(13,14)15)36(19-37,50-23)24-17-16-22-28(38-20-39-42(22)24)41-31(45)49-21-48-30(44)34(4,5)6/h16-17,20,23,25-27H,18,21H2,1-15H3,(H,40,46)(H,38,39,41,45)/t23-,25-,26-,27-,36+/m1/s1. The number of aromatic nitrogens is 3. The molecule has 1 fully saturated rings. The molecule has 306 valence electrons. The number of anilines is 1. The quantitative estimate of drug-likeness (QED) is 0.111. The molecule has 0 unspecified atom stereocenters. The average Bonchev–Trinajstić information content (AvgIpc) is 3.56. The Hall–Kier alpha value is -4.10. The number of hydrogen-bond acceptors (Lipinski definition) is 14. The molecule has 0 radical (unpaired) electrons. The second-order valence-corrected chi connectivity index (χ2v) is 27.3. The van der Waals surface area contributed by atoms with Crippen LogP contribution in [0.25, 0.3) is 5.52 Å². The van der Waals surface area contributed by atoms with Crippen molar-refractivity contribution in [3.8, 4) is 6.07 Å². The van der Waals surface area contributed by atoms with Gasteiger partial charge in [0, 0.05) is 0 Å². The average molecular weight is 807 g/mol. The fourth-order valence-electron chi connectivity index (χ4n) is 5.46. The molecule has 0 bridgehead atoms. The molecule has 0 saturated carbocycles. The minimum Gasteiger partial charge on any atom is -0.461 e. The summed E-state index contributed by atoms with van der Waals surface area (Å²) in [5, 5.41) is 20.6. The molecule has 19 heteroatoms. The molecule has 2 amide bonds. The predicted molar refractivity (Wildman–Crippen MR) is 206 cm³/mol. The molecule has 5 atom stereocenters. The number of fused-ring (bicyclic) bond motifs is 1. The van der Waals surface area contributed by atoms with E-state index in [1.54, 1.807) is 74.4 Å². The molecule has 0 aliphatic carbocycles. The van der Waals surface area contributed by atoms with E-state index in [4.69, 9.17) is 32.5 Å². The van der Waals surface area contributed by atoms with E-state index in [2.05, 4.69) is 26.8 Å². The topological polar surface area (TPSA) is 211 Å². The molecule has 2 aromatic rings. The molecule has 55 heavy (non-hydrogen) atoms. The lowest BCUT2D eigenvalue weighted by Gasteiger charge is -2.36. The molecule has 2 aromatic heterocycles. The van der Waals surface area contributed by atoms with Crippen LogP contribution in [0.3, 0.4) is 0 Å². The number of carbonyl (C=O) groups is 4. The third-order valence-electron chi connectivity index (χ3n) is 7.74. The highest BCUT2D eigenvalue weighted by atomic mass is 28.4. The lowest BCUT2D eigenvalue weighted by atomic mass is 9.87. The molecule has 3 rings (SSSR count). The smallest absolute Gasteiger partial charge is 0.415 e. The minimum atomic E-state index is -2.46. The number of nitrogens with zero attached hydrogens (tertiary/aromatic N) is 4. The Morgan fingerprint density at radius 3 is 2.07 bits per heavy atom. The van der Waals surface area contributed by atoms with E-state index in [0.717, 1.165) is 0 Å². The van der Waals surface area contributed by atoms with Crippen molar-refractivity contribution in [2.45, 2.75) is 137 Å². The van der Waals surface area contributed by atoms with Crippen molar-refractivity contribution >= 4 is 52.1 Å². The number of hydrogen-bond donors (Lipinski definition) is 2. The van der Waals surface area contributed by atoms with Crippen molar-refractivity contribution in [3.05, 3.63) is 24.2 Å². The van der Waals surface area contributed by atoms with Gasteiger partial charge in [0.25, 0.3) is 0 Å². The van der Waals surface area contributed by atoms with Crippen LogP contribution in [0.4, 0.5) is 15.4 Å². The maximum Gasteiger partial charge on any atom is 0.415 e. The van der Waals surface area contributed by atoms with Crippen molar-refractivity contribution in [1.82, 2.24) is 19.9 Å². The van der Waals surface area contributed by atoms with Gasteiger partial charge in [-0.2, -0.15) is 10.4 Å². The van der Waals surface area contributed by atoms with Gasteiger partial charge in [0.15, 0.2) is 22.5 Å². The van der Waals surface area contributed by atoms with Crippen molar-refractivity contribution in [1.29, 1.82) is 5.26 Å². The molecular formula is C36H58N6O11Si2. The second-order valence-electron chi connectivity index (χ2n) is 18.4. The summed E-state index contributed by atoms with van der Waals surface area (Å²) in [5.41, 5.74) is -3.69. The van der Waals surface area contributed by atoms with Crippen LogP contribution in [0.5, 0.6) is 0 Å². The van der Waals surface area contributed by atoms with Crippen LogP contribution in [-0.2, 0) is 47.7 Å². The monoisotopic (exact) mass is 806 g/mol. The largest absolute Gasteiger partial charge is 0.461 e. The van der Waals surface area contributed by atoms with Crippen LogP contribution in [0.1, 0.15) is 68.0 Å². The third kappa shape index (κ3) is 12.2. The Labute approximate surface area is 325 Å². The van der Waals surface area contributed by atoms with E-state index in [1.807, 2.05) is 39.3 Å². The van der Waals surface area contributed by atoms with E-state index in [-0.39, 0.29) is 23.6 Å². The van der Waals surface area contributed by atoms with E-state index in [9.17, 15) is 24.4 Å². The highest BCUT2D eigenvalue weighted by molar-refractivity contribution is 6.70. The predicted octanol–water partition coefficient (Wildman–Crippen LogP) is 5.87. The zero-order chi connectivity index (χ0) is 41.9. The SMILES string of the molecule is CC(C)(C)OC(=O)N[C@H](C(=O)OC[C@H]1O[C@@](C#N)(c2ccc3c(NC(=O)OCOC(=O)C(C)(C)C)ncnn23)[C@H](O[Si](C)(C)C)[C@@H]1O[Si](C)(C)C)C(C)(C)C. The molecule has 2 N–H and O–H groups in total. The summed E-state index contributed by atoms with van der Waals surface area (Å²) < 4.78 is 42.8. The van der Waals surface area contributed by atoms with E-state index < -0.39 is 93.9 Å². The number of nitriles is 1. The first kappa shape index (κ1) is 45.3. The summed E-state index contributed by atoms with van der Waals surface area (Å²) in [5.74, 6) is -1.25. The first-order valence-electron chi connectivity index (χ1n) is 18.0. The molecule has 3 heterocycles. The Morgan fingerprint density at radius 1 is 0.927 bits per heavy atom. The number of esters is 2. The zero-order valence-corrected chi connectivity index (χ0v) is 36.7. The summed E-state index contributed by atoms with van der Waals surface area (Å²) >= 11 is 0. The first-order chi connectivity index (χ1) is 25.0. The lowest BCUT2D eigenvalue weighted by Crippen LogP contribution is -2.53. The van der Waals surface area contributed by atoms with Gasteiger partial charge in [-0.15, -0.1) is 0 Å². The van der Waals surface area contributed by atoms with Crippen molar-refractivity contribution in [2.24, 2.45) is 10.8 Å². The summed E-state index contributed by atoms with van der Waals surface area (Å²) in [6, 6.07) is 4.45. The van der Waals surface area contributed by atoms with Crippen LogP contribution in [0.2, 0.25) is 39.3 Å². The molecule has 17 nitrogen and oxygen atoms in total. The van der Waals surface area contributed by atoms with E-state index in [0.29, 0.717) is 0 Å². The van der Waals surface area contributed by atoms with Gasteiger partial charge in [0.2, 0.25) is 12.4 Å².